The Hall–Kier alpha value is -1.36. The first-order chi connectivity index (χ1) is 8.09. The second-order valence-electron chi connectivity index (χ2n) is 4.13. The summed E-state index contributed by atoms with van der Waals surface area (Å²) in [6, 6.07) is 1.07. The van der Waals surface area contributed by atoms with Crippen LogP contribution in [0.25, 0.3) is 0 Å². The van der Waals surface area contributed by atoms with Crippen molar-refractivity contribution in [3.8, 4) is 0 Å². The summed E-state index contributed by atoms with van der Waals surface area (Å²) < 4.78 is 39.1. The van der Waals surface area contributed by atoms with E-state index >= 15 is 0 Å². The van der Waals surface area contributed by atoms with Gasteiger partial charge in [-0.25, -0.2) is 13.2 Å². The van der Waals surface area contributed by atoms with Crippen molar-refractivity contribution in [1.82, 2.24) is 5.32 Å². The first-order valence-corrected chi connectivity index (χ1v) is 5.49. The third kappa shape index (κ3) is 2.49. The van der Waals surface area contributed by atoms with Gasteiger partial charge >= 0.3 is 0 Å². The molecule has 0 aliphatic carbocycles. The molecule has 2 nitrogen and oxygen atoms in total. The molecule has 0 spiro atoms. The lowest BCUT2D eigenvalue weighted by Crippen LogP contribution is -2.32. The topological polar surface area (TPSA) is 29.1 Å². The Bertz CT molecular complexity index is 442. The summed E-state index contributed by atoms with van der Waals surface area (Å²) in [4.78, 5) is 11.9. The number of piperidine rings is 1. The third-order valence-corrected chi connectivity index (χ3v) is 2.99. The van der Waals surface area contributed by atoms with Gasteiger partial charge in [0.1, 0.15) is 5.82 Å². The zero-order valence-electron chi connectivity index (χ0n) is 9.10. The molecular weight excluding hydrogens is 231 g/mol. The van der Waals surface area contributed by atoms with E-state index in [4.69, 9.17) is 0 Å². The summed E-state index contributed by atoms with van der Waals surface area (Å²) in [5.41, 5.74) is -0.351. The summed E-state index contributed by atoms with van der Waals surface area (Å²) >= 11 is 0. The molecule has 0 aromatic heterocycles. The summed E-state index contributed by atoms with van der Waals surface area (Å²) in [7, 11) is 0. The fraction of sp³-hybridized carbons (Fsp3) is 0.417. The fourth-order valence-electron chi connectivity index (χ4n) is 2.02. The van der Waals surface area contributed by atoms with Crippen molar-refractivity contribution in [3.63, 3.8) is 0 Å². The van der Waals surface area contributed by atoms with Gasteiger partial charge < -0.3 is 5.32 Å². The lowest BCUT2D eigenvalue weighted by atomic mass is 9.89. The minimum absolute atomic E-state index is 0.310. The molecule has 2 rings (SSSR count). The average Bonchev–Trinajstić information content (AvgIpc) is 2.34. The molecule has 0 amide bonds. The van der Waals surface area contributed by atoms with E-state index in [1.54, 1.807) is 0 Å². The van der Waals surface area contributed by atoms with E-state index < -0.39 is 23.2 Å². The molecule has 1 aliphatic heterocycles. The largest absolute Gasteiger partial charge is 0.317 e. The molecule has 5 heteroatoms. The molecule has 0 unspecified atom stereocenters. The maximum atomic E-state index is 13.4. The highest BCUT2D eigenvalue weighted by Gasteiger charge is 2.25. The molecule has 92 valence electrons. The minimum atomic E-state index is -1.27. The van der Waals surface area contributed by atoms with Crippen LogP contribution in [0, 0.1) is 23.4 Å². The number of carbonyl (C=O) groups excluding carboxylic acids is 1. The summed E-state index contributed by atoms with van der Waals surface area (Å²) in [5, 5.41) is 3.08. The molecule has 1 N–H and O–H groups in total. The van der Waals surface area contributed by atoms with E-state index in [0.29, 0.717) is 38.1 Å². The van der Waals surface area contributed by atoms with Crippen LogP contribution in [0.2, 0.25) is 0 Å². The maximum absolute atomic E-state index is 13.4. The van der Waals surface area contributed by atoms with Crippen molar-refractivity contribution in [2.24, 2.45) is 5.92 Å². The second-order valence-corrected chi connectivity index (χ2v) is 4.13. The number of benzene rings is 1. The molecule has 1 heterocycles. The van der Waals surface area contributed by atoms with Crippen LogP contribution in [-0.2, 0) is 0 Å². The standard InChI is InChI=1S/C12H12F3NO/c13-9-6-11(15)10(14)5-8(9)12(17)7-1-3-16-4-2-7/h5-7,16H,1-4H2. The van der Waals surface area contributed by atoms with E-state index in [-0.39, 0.29) is 11.5 Å². The molecule has 0 bridgehead atoms. The smallest absolute Gasteiger partial charge is 0.169 e. The molecule has 0 atom stereocenters. The van der Waals surface area contributed by atoms with Gasteiger partial charge in [0.15, 0.2) is 17.4 Å². The van der Waals surface area contributed by atoms with Crippen molar-refractivity contribution >= 4 is 5.78 Å². The van der Waals surface area contributed by atoms with Gasteiger partial charge in [0, 0.05) is 12.0 Å². The molecule has 1 aliphatic rings. The molecular formula is C12H12F3NO. The zero-order valence-corrected chi connectivity index (χ0v) is 9.10. The Labute approximate surface area is 96.8 Å². The van der Waals surface area contributed by atoms with Crippen molar-refractivity contribution in [2.75, 3.05) is 13.1 Å². The Balaban J connectivity index is 2.26. The summed E-state index contributed by atoms with van der Waals surface area (Å²) in [6.45, 7) is 1.36. The van der Waals surface area contributed by atoms with E-state index in [1.165, 1.54) is 0 Å². The Morgan fingerprint density at radius 1 is 1.06 bits per heavy atom. The van der Waals surface area contributed by atoms with Gasteiger partial charge in [0.05, 0.1) is 5.56 Å². The molecule has 1 fully saturated rings. The van der Waals surface area contributed by atoms with E-state index in [0.717, 1.165) is 0 Å². The molecule has 17 heavy (non-hydrogen) atoms. The SMILES string of the molecule is O=C(c1cc(F)c(F)cc1F)C1CCNCC1. The van der Waals surface area contributed by atoms with Gasteiger partial charge in [-0.05, 0) is 32.0 Å². The quantitative estimate of drug-likeness (QED) is 0.637. The number of nitrogens with one attached hydrogen (secondary N) is 1. The van der Waals surface area contributed by atoms with Crippen LogP contribution in [0.5, 0.6) is 0 Å². The van der Waals surface area contributed by atoms with Gasteiger partial charge in [0.2, 0.25) is 0 Å². The molecule has 1 aromatic rings. The number of hydrogen-bond donors (Lipinski definition) is 1. The highest BCUT2D eigenvalue weighted by molar-refractivity contribution is 5.98. The zero-order chi connectivity index (χ0) is 12.4. The first-order valence-electron chi connectivity index (χ1n) is 5.49. The van der Waals surface area contributed by atoms with Crippen LogP contribution >= 0.6 is 0 Å². The third-order valence-electron chi connectivity index (χ3n) is 2.99. The first kappa shape index (κ1) is 12.1. The van der Waals surface area contributed by atoms with Gasteiger partial charge in [0.25, 0.3) is 0 Å². The molecule has 0 saturated carbocycles. The number of ketones is 1. The second kappa shape index (κ2) is 4.87. The van der Waals surface area contributed by atoms with E-state index in [1.807, 2.05) is 0 Å². The number of carbonyl (C=O) groups is 1. The highest BCUT2D eigenvalue weighted by Crippen LogP contribution is 2.22. The predicted molar refractivity (Wildman–Crippen MR) is 56.2 cm³/mol. The van der Waals surface area contributed by atoms with Gasteiger partial charge in [-0.2, -0.15) is 0 Å². The number of halogens is 3. The maximum Gasteiger partial charge on any atom is 0.169 e. The summed E-state index contributed by atoms with van der Waals surface area (Å²) in [5.74, 6) is -4.21. The van der Waals surface area contributed by atoms with Crippen molar-refractivity contribution in [1.29, 1.82) is 0 Å². The van der Waals surface area contributed by atoms with Crippen LogP contribution in [0.4, 0.5) is 13.2 Å². The number of Topliss-reactive ketones (excluding diaryl/α,β-unsaturated/α-hetero) is 1. The Morgan fingerprint density at radius 3 is 2.29 bits per heavy atom. The van der Waals surface area contributed by atoms with Crippen LogP contribution in [0.15, 0.2) is 12.1 Å². The van der Waals surface area contributed by atoms with Crippen molar-refractivity contribution in [2.45, 2.75) is 12.8 Å². The lowest BCUT2D eigenvalue weighted by molar-refractivity contribution is 0.0890. The predicted octanol–water partition coefficient (Wildman–Crippen LogP) is 2.29. The van der Waals surface area contributed by atoms with E-state index in [9.17, 15) is 18.0 Å². The van der Waals surface area contributed by atoms with E-state index in [2.05, 4.69) is 5.32 Å². The monoisotopic (exact) mass is 243 g/mol. The molecule has 0 radical (unpaired) electrons. The van der Waals surface area contributed by atoms with Crippen LogP contribution in [-0.4, -0.2) is 18.9 Å². The fourth-order valence-corrected chi connectivity index (χ4v) is 2.02. The van der Waals surface area contributed by atoms with Gasteiger partial charge in [-0.3, -0.25) is 4.79 Å². The van der Waals surface area contributed by atoms with Gasteiger partial charge in [-0.15, -0.1) is 0 Å². The van der Waals surface area contributed by atoms with Crippen molar-refractivity contribution in [3.05, 3.63) is 35.1 Å². The highest BCUT2D eigenvalue weighted by atomic mass is 19.2. The van der Waals surface area contributed by atoms with Crippen molar-refractivity contribution < 1.29 is 18.0 Å². The van der Waals surface area contributed by atoms with Crippen LogP contribution in [0.3, 0.4) is 0 Å². The van der Waals surface area contributed by atoms with Crippen LogP contribution < -0.4 is 5.32 Å². The van der Waals surface area contributed by atoms with Gasteiger partial charge in [-0.1, -0.05) is 0 Å². The minimum Gasteiger partial charge on any atom is -0.317 e. The molecule has 1 saturated heterocycles. The summed E-state index contributed by atoms with van der Waals surface area (Å²) in [6.07, 6.45) is 1.19. The normalized spacial score (nSPS) is 17.1. The number of hydrogen-bond acceptors (Lipinski definition) is 2. The number of rotatable bonds is 2. The average molecular weight is 243 g/mol. The Kier molecular flexibility index (Phi) is 3.47. The lowest BCUT2D eigenvalue weighted by Gasteiger charge is -2.21. The molecule has 1 aromatic carbocycles. The van der Waals surface area contributed by atoms with Crippen LogP contribution in [0.1, 0.15) is 23.2 Å². The Morgan fingerprint density at radius 2 is 1.65 bits per heavy atom.